The first-order valence-electron chi connectivity index (χ1n) is 6.17. The van der Waals surface area contributed by atoms with Gasteiger partial charge in [0.2, 0.25) is 0 Å². The van der Waals surface area contributed by atoms with Crippen LogP contribution in [0.15, 0.2) is 43.0 Å². The van der Waals surface area contributed by atoms with Crippen LogP contribution in [0.1, 0.15) is 5.56 Å². The summed E-state index contributed by atoms with van der Waals surface area (Å²) in [6.07, 6.45) is 1.85. The van der Waals surface area contributed by atoms with Gasteiger partial charge in [0.25, 0.3) is 0 Å². The second kappa shape index (κ2) is 7.04. The molecule has 0 aliphatic heterocycles. The molecule has 0 saturated heterocycles. The summed E-state index contributed by atoms with van der Waals surface area (Å²) >= 11 is 0. The first-order chi connectivity index (χ1) is 10.1. The van der Waals surface area contributed by atoms with Crippen molar-refractivity contribution in [3.63, 3.8) is 0 Å². The number of aliphatic carboxylic acids is 1. The number of rotatable bonds is 6. The summed E-state index contributed by atoms with van der Waals surface area (Å²) < 4.78 is 6.28. The van der Waals surface area contributed by atoms with Crippen LogP contribution < -0.4 is 5.32 Å². The van der Waals surface area contributed by atoms with E-state index in [0.717, 1.165) is 5.56 Å². The molecule has 0 aliphatic rings. The summed E-state index contributed by atoms with van der Waals surface area (Å²) in [5, 5.41) is 15.1. The molecule has 2 aromatic rings. The van der Waals surface area contributed by atoms with Crippen LogP contribution in [0.2, 0.25) is 0 Å². The molecule has 0 aliphatic carbocycles. The van der Waals surface area contributed by atoms with Gasteiger partial charge in [-0.2, -0.15) is 5.10 Å². The lowest BCUT2D eigenvalue weighted by Crippen LogP contribution is -2.44. The number of carbonyl (C=O) groups is 2. The Morgan fingerprint density at radius 1 is 1.33 bits per heavy atom. The molecular weight excluding hydrogens is 276 g/mol. The Balaban J connectivity index is 1.85. The number of carboxylic acids is 1. The maximum atomic E-state index is 11.6. The van der Waals surface area contributed by atoms with Crippen LogP contribution in [-0.4, -0.2) is 38.0 Å². The molecule has 8 nitrogen and oxygen atoms in total. The maximum Gasteiger partial charge on any atom is 0.408 e. The Hall–Kier alpha value is -2.90. The number of alkyl carbamates (subject to hydrolysis) is 1. The van der Waals surface area contributed by atoms with E-state index in [2.05, 4.69) is 15.4 Å². The molecule has 21 heavy (non-hydrogen) atoms. The minimum atomic E-state index is -1.18. The summed E-state index contributed by atoms with van der Waals surface area (Å²) in [5.74, 6) is -1.18. The van der Waals surface area contributed by atoms with Crippen LogP contribution in [0.4, 0.5) is 4.79 Å². The van der Waals surface area contributed by atoms with Gasteiger partial charge in [0.05, 0.1) is 6.54 Å². The van der Waals surface area contributed by atoms with E-state index in [9.17, 15) is 9.59 Å². The van der Waals surface area contributed by atoms with E-state index in [1.54, 1.807) is 12.1 Å². The van der Waals surface area contributed by atoms with Gasteiger partial charge in [0.15, 0.2) is 0 Å². The molecule has 0 radical (unpaired) electrons. The monoisotopic (exact) mass is 290 g/mol. The average molecular weight is 290 g/mol. The molecule has 0 spiro atoms. The Labute approximate surface area is 120 Å². The van der Waals surface area contributed by atoms with Gasteiger partial charge in [0, 0.05) is 0 Å². The number of amides is 1. The second-order valence-electron chi connectivity index (χ2n) is 4.21. The van der Waals surface area contributed by atoms with Gasteiger partial charge >= 0.3 is 12.1 Å². The highest BCUT2D eigenvalue weighted by molar-refractivity contribution is 5.79. The first kappa shape index (κ1) is 14.5. The number of nitrogens with one attached hydrogen (secondary N) is 1. The summed E-state index contributed by atoms with van der Waals surface area (Å²) in [4.78, 5) is 26.4. The number of carboxylic acid groups (broad SMARTS) is 1. The molecular formula is C13H14N4O4. The number of carbonyl (C=O) groups excluding carboxylic acids is 1. The maximum absolute atomic E-state index is 11.6. The van der Waals surface area contributed by atoms with Crippen molar-refractivity contribution >= 4 is 12.1 Å². The standard InChI is InChI=1S/C13H14N4O4/c18-12(19)11(6-17-9-14-8-15-17)16-13(20)21-7-10-4-2-1-3-5-10/h1-5,8-9,11H,6-7H2,(H,16,20)(H,18,19)/t11-/m0/s1. The van der Waals surface area contributed by atoms with Crippen LogP contribution in [-0.2, 0) is 22.7 Å². The molecule has 1 amide bonds. The molecule has 0 bridgehead atoms. The zero-order valence-electron chi connectivity index (χ0n) is 11.0. The third-order valence-corrected chi connectivity index (χ3v) is 2.64. The van der Waals surface area contributed by atoms with Crippen LogP contribution in [0, 0.1) is 0 Å². The lowest BCUT2D eigenvalue weighted by Gasteiger charge is -2.14. The third-order valence-electron chi connectivity index (χ3n) is 2.64. The summed E-state index contributed by atoms with van der Waals surface area (Å²) in [6.45, 7) is 0.0398. The fourth-order valence-corrected chi connectivity index (χ4v) is 1.61. The van der Waals surface area contributed by atoms with E-state index in [4.69, 9.17) is 9.84 Å². The third kappa shape index (κ3) is 4.60. The molecule has 1 aromatic heterocycles. The van der Waals surface area contributed by atoms with E-state index < -0.39 is 18.1 Å². The van der Waals surface area contributed by atoms with Crippen molar-refractivity contribution in [2.75, 3.05) is 0 Å². The van der Waals surface area contributed by atoms with Gasteiger partial charge in [-0.05, 0) is 5.56 Å². The highest BCUT2D eigenvalue weighted by Gasteiger charge is 2.21. The SMILES string of the molecule is O=C(N[C@@H](Cn1cncn1)C(=O)O)OCc1ccccc1. The molecule has 8 heteroatoms. The summed E-state index contributed by atoms with van der Waals surface area (Å²) in [7, 11) is 0. The topological polar surface area (TPSA) is 106 Å². The zero-order chi connectivity index (χ0) is 15.1. The van der Waals surface area contributed by atoms with Gasteiger partial charge in [-0.25, -0.2) is 14.6 Å². The number of benzene rings is 1. The molecule has 2 rings (SSSR count). The van der Waals surface area contributed by atoms with Gasteiger partial charge in [-0.1, -0.05) is 30.3 Å². The van der Waals surface area contributed by atoms with Crippen LogP contribution >= 0.6 is 0 Å². The van der Waals surface area contributed by atoms with E-state index in [1.165, 1.54) is 17.3 Å². The Morgan fingerprint density at radius 2 is 2.10 bits per heavy atom. The minimum absolute atomic E-state index is 0.0320. The first-order valence-corrected chi connectivity index (χ1v) is 6.17. The number of nitrogens with zero attached hydrogens (tertiary/aromatic N) is 3. The van der Waals surface area contributed by atoms with Gasteiger partial charge in [0.1, 0.15) is 25.3 Å². The molecule has 1 aromatic carbocycles. The Bertz CT molecular complexity index is 585. The van der Waals surface area contributed by atoms with Crippen molar-refractivity contribution in [2.45, 2.75) is 19.2 Å². The fourth-order valence-electron chi connectivity index (χ4n) is 1.61. The molecule has 110 valence electrons. The van der Waals surface area contributed by atoms with Gasteiger partial charge in [-0.15, -0.1) is 0 Å². The van der Waals surface area contributed by atoms with Gasteiger partial charge < -0.3 is 15.2 Å². The van der Waals surface area contributed by atoms with Gasteiger partial charge in [-0.3, -0.25) is 4.68 Å². The summed E-state index contributed by atoms with van der Waals surface area (Å²) in [5.41, 5.74) is 0.816. The fraction of sp³-hybridized carbons (Fsp3) is 0.231. The van der Waals surface area contributed by atoms with Crippen LogP contribution in [0.5, 0.6) is 0 Å². The normalized spacial score (nSPS) is 11.6. The number of aromatic nitrogens is 3. The van der Waals surface area contributed by atoms with Crippen molar-refractivity contribution in [3.05, 3.63) is 48.5 Å². The highest BCUT2D eigenvalue weighted by Crippen LogP contribution is 2.01. The highest BCUT2D eigenvalue weighted by atomic mass is 16.5. The molecule has 0 saturated carbocycles. The Kier molecular flexibility index (Phi) is 4.86. The van der Waals surface area contributed by atoms with E-state index in [1.807, 2.05) is 18.2 Å². The van der Waals surface area contributed by atoms with Crippen molar-refractivity contribution < 1.29 is 19.4 Å². The smallest absolute Gasteiger partial charge is 0.408 e. The van der Waals surface area contributed by atoms with E-state index in [0.29, 0.717) is 0 Å². The number of hydrogen-bond acceptors (Lipinski definition) is 5. The molecule has 0 fully saturated rings. The zero-order valence-corrected chi connectivity index (χ0v) is 11.0. The van der Waals surface area contributed by atoms with Crippen molar-refractivity contribution in [3.8, 4) is 0 Å². The van der Waals surface area contributed by atoms with Crippen molar-refractivity contribution in [1.82, 2.24) is 20.1 Å². The second-order valence-corrected chi connectivity index (χ2v) is 4.21. The quantitative estimate of drug-likeness (QED) is 0.809. The largest absolute Gasteiger partial charge is 0.480 e. The van der Waals surface area contributed by atoms with E-state index >= 15 is 0 Å². The predicted octanol–water partition coefficient (Wildman–Crippen LogP) is 0.658. The van der Waals surface area contributed by atoms with Crippen LogP contribution in [0.25, 0.3) is 0 Å². The lowest BCUT2D eigenvalue weighted by atomic mass is 10.2. The molecule has 1 atom stereocenters. The molecule has 0 unspecified atom stereocenters. The van der Waals surface area contributed by atoms with Crippen molar-refractivity contribution in [1.29, 1.82) is 0 Å². The minimum Gasteiger partial charge on any atom is -0.480 e. The van der Waals surface area contributed by atoms with Crippen LogP contribution in [0.3, 0.4) is 0 Å². The Morgan fingerprint density at radius 3 is 2.71 bits per heavy atom. The molecule has 1 heterocycles. The number of ether oxygens (including phenoxy) is 1. The van der Waals surface area contributed by atoms with E-state index in [-0.39, 0.29) is 13.2 Å². The predicted molar refractivity (Wildman–Crippen MR) is 71.2 cm³/mol. The lowest BCUT2D eigenvalue weighted by molar-refractivity contribution is -0.139. The average Bonchev–Trinajstić information content (AvgIpc) is 2.98. The number of hydrogen-bond donors (Lipinski definition) is 2. The van der Waals surface area contributed by atoms with Crippen molar-refractivity contribution in [2.24, 2.45) is 0 Å². The molecule has 2 N–H and O–H groups in total. The summed E-state index contributed by atoms with van der Waals surface area (Å²) in [6, 6.07) is 7.95.